The van der Waals surface area contributed by atoms with Crippen molar-refractivity contribution < 1.29 is 4.79 Å². The average molecular weight is 223 g/mol. The monoisotopic (exact) mass is 222 g/mol. The summed E-state index contributed by atoms with van der Waals surface area (Å²) in [7, 11) is 0. The molecule has 0 unspecified atom stereocenters. The molecule has 0 heterocycles. The lowest BCUT2D eigenvalue weighted by molar-refractivity contribution is 0.0982. The zero-order chi connectivity index (χ0) is 11.4. The number of carbonyl (C=O) groups excluding carboxylic acids is 1. The van der Waals surface area contributed by atoms with Crippen LogP contribution in [0.1, 0.15) is 35.7 Å². The molecule has 0 aliphatic heterocycles. The van der Waals surface area contributed by atoms with Gasteiger partial charge >= 0.3 is 0 Å². The Balaban J connectivity index is 2.81. The van der Waals surface area contributed by atoms with E-state index in [4.69, 9.17) is 11.6 Å². The number of rotatable bonds is 4. The molecule has 0 bridgehead atoms. The van der Waals surface area contributed by atoms with Crippen molar-refractivity contribution in [2.75, 3.05) is 0 Å². The van der Waals surface area contributed by atoms with Crippen LogP contribution in [0.25, 0.3) is 0 Å². The van der Waals surface area contributed by atoms with Crippen LogP contribution < -0.4 is 0 Å². The Kier molecular flexibility index (Phi) is 4.10. The maximum atomic E-state index is 11.8. The van der Waals surface area contributed by atoms with E-state index in [-0.39, 0.29) is 5.78 Å². The second-order valence-corrected chi connectivity index (χ2v) is 4.28. The fourth-order valence-electron chi connectivity index (χ4n) is 1.36. The van der Waals surface area contributed by atoms with Gasteiger partial charge in [-0.3, -0.25) is 4.79 Å². The SMILES string of the molecule is C=C(C)CCC(=O)c1cc(Cl)ccc1C. The number of hydrogen-bond acceptors (Lipinski definition) is 1. The second kappa shape index (κ2) is 5.13. The highest BCUT2D eigenvalue weighted by molar-refractivity contribution is 6.31. The number of hydrogen-bond donors (Lipinski definition) is 0. The van der Waals surface area contributed by atoms with E-state index in [0.29, 0.717) is 11.4 Å². The molecule has 0 N–H and O–H groups in total. The molecule has 1 aromatic rings. The topological polar surface area (TPSA) is 17.1 Å². The molecule has 1 nitrogen and oxygen atoms in total. The van der Waals surface area contributed by atoms with E-state index in [2.05, 4.69) is 6.58 Å². The summed E-state index contributed by atoms with van der Waals surface area (Å²) in [5.74, 6) is 0.137. The van der Waals surface area contributed by atoms with E-state index in [0.717, 1.165) is 23.1 Å². The van der Waals surface area contributed by atoms with Gasteiger partial charge in [-0.15, -0.1) is 6.58 Å². The molecule has 0 amide bonds. The summed E-state index contributed by atoms with van der Waals surface area (Å²) in [5, 5.41) is 0.610. The third-order valence-electron chi connectivity index (χ3n) is 2.28. The number of benzene rings is 1. The van der Waals surface area contributed by atoms with Crippen molar-refractivity contribution in [1.29, 1.82) is 0 Å². The molecule has 1 rings (SSSR count). The maximum absolute atomic E-state index is 11.8. The molecule has 0 aromatic heterocycles. The average Bonchev–Trinajstić information content (AvgIpc) is 2.18. The Labute approximate surface area is 95.8 Å². The summed E-state index contributed by atoms with van der Waals surface area (Å²) in [6, 6.07) is 5.40. The predicted molar refractivity (Wildman–Crippen MR) is 64.6 cm³/mol. The van der Waals surface area contributed by atoms with E-state index < -0.39 is 0 Å². The van der Waals surface area contributed by atoms with Gasteiger partial charge in [0.2, 0.25) is 0 Å². The molecular formula is C13H15ClO. The van der Waals surface area contributed by atoms with Crippen LogP contribution in [0.3, 0.4) is 0 Å². The Bertz CT molecular complexity index is 394. The van der Waals surface area contributed by atoms with Crippen molar-refractivity contribution in [3.63, 3.8) is 0 Å². The smallest absolute Gasteiger partial charge is 0.163 e. The zero-order valence-corrected chi connectivity index (χ0v) is 9.90. The van der Waals surface area contributed by atoms with Crippen LogP contribution >= 0.6 is 11.6 Å². The number of allylic oxidation sites excluding steroid dienone is 1. The molecule has 0 aliphatic rings. The summed E-state index contributed by atoms with van der Waals surface area (Å²) in [5.41, 5.74) is 2.73. The first-order valence-corrected chi connectivity index (χ1v) is 5.32. The first-order chi connectivity index (χ1) is 7.00. The molecular weight excluding hydrogens is 208 g/mol. The van der Waals surface area contributed by atoms with Gasteiger partial charge in [0.25, 0.3) is 0 Å². The van der Waals surface area contributed by atoms with Crippen LogP contribution in [-0.4, -0.2) is 5.78 Å². The first-order valence-electron chi connectivity index (χ1n) is 4.94. The highest BCUT2D eigenvalue weighted by atomic mass is 35.5. The van der Waals surface area contributed by atoms with Gasteiger partial charge in [0.05, 0.1) is 0 Å². The molecule has 0 radical (unpaired) electrons. The van der Waals surface area contributed by atoms with Crippen molar-refractivity contribution in [2.24, 2.45) is 0 Å². The fourth-order valence-corrected chi connectivity index (χ4v) is 1.53. The van der Waals surface area contributed by atoms with Crippen LogP contribution in [0.5, 0.6) is 0 Å². The van der Waals surface area contributed by atoms with Gasteiger partial charge in [-0.2, -0.15) is 0 Å². The first kappa shape index (κ1) is 12.0. The quantitative estimate of drug-likeness (QED) is 0.552. The number of carbonyl (C=O) groups is 1. The Morgan fingerprint density at radius 3 is 2.67 bits per heavy atom. The van der Waals surface area contributed by atoms with Gasteiger partial charge in [0.1, 0.15) is 0 Å². The molecule has 1 aromatic carbocycles. The zero-order valence-electron chi connectivity index (χ0n) is 9.14. The van der Waals surface area contributed by atoms with E-state index in [1.165, 1.54) is 0 Å². The summed E-state index contributed by atoms with van der Waals surface area (Å²) in [6.45, 7) is 7.63. The summed E-state index contributed by atoms with van der Waals surface area (Å²) >= 11 is 5.85. The number of Topliss-reactive ketones (excluding diaryl/α,β-unsaturated/α-hetero) is 1. The molecule has 0 saturated heterocycles. The number of halogens is 1. The van der Waals surface area contributed by atoms with Gasteiger partial charge in [0, 0.05) is 17.0 Å². The molecule has 0 atom stereocenters. The minimum absolute atomic E-state index is 0.137. The molecule has 0 aliphatic carbocycles. The Hall–Kier alpha value is -1.08. The molecule has 0 fully saturated rings. The Morgan fingerprint density at radius 1 is 1.40 bits per heavy atom. The van der Waals surface area contributed by atoms with Crippen LogP contribution in [0.4, 0.5) is 0 Å². The molecule has 80 valence electrons. The lowest BCUT2D eigenvalue weighted by atomic mass is 10.0. The standard InChI is InChI=1S/C13H15ClO/c1-9(2)4-7-13(15)12-8-11(14)6-5-10(12)3/h5-6,8H,1,4,7H2,2-3H3. The highest BCUT2D eigenvalue weighted by Crippen LogP contribution is 2.18. The number of aryl methyl sites for hydroxylation is 1. The van der Waals surface area contributed by atoms with E-state index >= 15 is 0 Å². The van der Waals surface area contributed by atoms with Crippen LogP contribution in [0, 0.1) is 6.92 Å². The molecule has 0 saturated carbocycles. The summed E-state index contributed by atoms with van der Waals surface area (Å²) < 4.78 is 0. The predicted octanol–water partition coefficient (Wildman–Crippen LogP) is 4.19. The van der Waals surface area contributed by atoms with E-state index in [9.17, 15) is 4.79 Å². The van der Waals surface area contributed by atoms with Gasteiger partial charge in [-0.1, -0.05) is 23.2 Å². The largest absolute Gasteiger partial charge is 0.294 e. The lowest BCUT2D eigenvalue weighted by Crippen LogP contribution is -2.01. The van der Waals surface area contributed by atoms with Gasteiger partial charge in [0.15, 0.2) is 5.78 Å². The van der Waals surface area contributed by atoms with Crippen LogP contribution in [0.15, 0.2) is 30.4 Å². The van der Waals surface area contributed by atoms with Gasteiger partial charge in [-0.25, -0.2) is 0 Å². The van der Waals surface area contributed by atoms with E-state index in [1.54, 1.807) is 12.1 Å². The van der Waals surface area contributed by atoms with Gasteiger partial charge in [-0.05, 0) is 38.0 Å². The second-order valence-electron chi connectivity index (χ2n) is 3.84. The maximum Gasteiger partial charge on any atom is 0.163 e. The van der Waals surface area contributed by atoms with E-state index in [1.807, 2.05) is 19.9 Å². The third kappa shape index (κ3) is 3.52. The highest BCUT2D eigenvalue weighted by Gasteiger charge is 2.09. The summed E-state index contributed by atoms with van der Waals surface area (Å²) in [6.07, 6.45) is 1.25. The van der Waals surface area contributed by atoms with Crippen molar-refractivity contribution in [3.05, 3.63) is 46.5 Å². The van der Waals surface area contributed by atoms with Crippen molar-refractivity contribution in [1.82, 2.24) is 0 Å². The van der Waals surface area contributed by atoms with Crippen molar-refractivity contribution in [2.45, 2.75) is 26.7 Å². The van der Waals surface area contributed by atoms with Gasteiger partial charge < -0.3 is 0 Å². The Morgan fingerprint density at radius 2 is 2.07 bits per heavy atom. The lowest BCUT2D eigenvalue weighted by Gasteiger charge is -2.05. The number of ketones is 1. The minimum atomic E-state index is 0.137. The van der Waals surface area contributed by atoms with Crippen LogP contribution in [-0.2, 0) is 0 Å². The normalized spacial score (nSPS) is 10.1. The fraction of sp³-hybridized carbons (Fsp3) is 0.308. The molecule has 2 heteroatoms. The van der Waals surface area contributed by atoms with Crippen LogP contribution in [0.2, 0.25) is 5.02 Å². The molecule has 15 heavy (non-hydrogen) atoms. The third-order valence-corrected chi connectivity index (χ3v) is 2.51. The minimum Gasteiger partial charge on any atom is -0.294 e. The molecule has 0 spiro atoms. The van der Waals surface area contributed by atoms with Crippen molar-refractivity contribution in [3.8, 4) is 0 Å². The summed E-state index contributed by atoms with van der Waals surface area (Å²) in [4.78, 5) is 11.8. The van der Waals surface area contributed by atoms with Crippen molar-refractivity contribution >= 4 is 17.4 Å².